The zero-order chi connectivity index (χ0) is 45.0. The lowest BCUT2D eigenvalue weighted by Crippen LogP contribution is -2.37. The monoisotopic (exact) mass is 885 g/mol. The fourth-order valence-electron chi connectivity index (χ4n) is 7.19. The summed E-state index contributed by atoms with van der Waals surface area (Å²) in [6, 6.07) is 0. The van der Waals surface area contributed by atoms with Crippen molar-refractivity contribution in [3.8, 4) is 0 Å². The molecular formula is C51H99NO8P+. The largest absolute Gasteiger partial charge is 0.472 e. The van der Waals surface area contributed by atoms with Gasteiger partial charge in [0.05, 0.1) is 27.7 Å². The Bertz CT molecular complexity index is 1090. The molecule has 0 aliphatic rings. The maximum atomic E-state index is 12.7. The Morgan fingerprint density at radius 3 is 1.26 bits per heavy atom. The number of unbranched alkanes of at least 4 members (excludes halogenated alkanes) is 29. The van der Waals surface area contributed by atoms with Gasteiger partial charge in [-0.25, -0.2) is 4.57 Å². The van der Waals surface area contributed by atoms with Crippen LogP contribution in [0.3, 0.4) is 0 Å². The first-order chi connectivity index (χ1) is 29.5. The van der Waals surface area contributed by atoms with Gasteiger partial charge in [-0.15, -0.1) is 0 Å². The highest BCUT2D eigenvalue weighted by Crippen LogP contribution is 2.43. The second-order valence-corrected chi connectivity index (χ2v) is 20.0. The number of quaternary nitrogens is 1. The Morgan fingerprint density at radius 2 is 0.852 bits per heavy atom. The number of hydrogen-bond acceptors (Lipinski definition) is 7. The Labute approximate surface area is 377 Å². The van der Waals surface area contributed by atoms with Crippen molar-refractivity contribution < 1.29 is 42.1 Å². The van der Waals surface area contributed by atoms with Crippen molar-refractivity contribution in [2.45, 2.75) is 245 Å². The van der Waals surface area contributed by atoms with E-state index in [0.29, 0.717) is 17.4 Å². The third-order valence-corrected chi connectivity index (χ3v) is 12.2. The van der Waals surface area contributed by atoms with E-state index in [9.17, 15) is 19.0 Å². The van der Waals surface area contributed by atoms with Crippen LogP contribution in [-0.4, -0.2) is 74.9 Å². The van der Waals surface area contributed by atoms with Gasteiger partial charge in [-0.3, -0.25) is 18.6 Å². The van der Waals surface area contributed by atoms with Crippen LogP contribution in [0.2, 0.25) is 0 Å². The summed E-state index contributed by atoms with van der Waals surface area (Å²) in [5.74, 6) is -0.837. The SMILES string of the molecule is CCCCCCC/C=C/CCCCCCCC(=O)OC[C@H](COP(=O)(O)OCC[N+](C)(C)C)OC(=O)CCC/C=C/CCCCCCCCCCCCCCCCCCCC. The van der Waals surface area contributed by atoms with E-state index in [1.54, 1.807) is 0 Å². The zero-order valence-corrected chi connectivity index (χ0v) is 41.6. The molecule has 0 amide bonds. The molecule has 0 aromatic heterocycles. The number of phosphoric acid groups is 1. The number of phosphoric ester groups is 1. The van der Waals surface area contributed by atoms with E-state index in [1.807, 2.05) is 21.1 Å². The number of hydrogen-bond donors (Lipinski definition) is 1. The van der Waals surface area contributed by atoms with Crippen LogP contribution in [0, 0.1) is 0 Å². The minimum Gasteiger partial charge on any atom is -0.462 e. The molecule has 0 spiro atoms. The molecule has 0 aliphatic heterocycles. The van der Waals surface area contributed by atoms with Crippen molar-refractivity contribution in [2.24, 2.45) is 0 Å². The molecule has 0 aromatic rings. The topological polar surface area (TPSA) is 108 Å². The minimum atomic E-state index is -4.38. The molecule has 10 heteroatoms. The predicted octanol–water partition coefficient (Wildman–Crippen LogP) is 15.1. The first-order valence-corrected chi connectivity index (χ1v) is 27.1. The molecule has 0 aromatic carbocycles. The molecule has 0 heterocycles. The number of likely N-dealkylation sites (N-methyl/N-ethyl adjacent to an activating group) is 1. The third-order valence-electron chi connectivity index (χ3n) is 11.2. The molecule has 0 fully saturated rings. The first-order valence-electron chi connectivity index (χ1n) is 25.6. The summed E-state index contributed by atoms with van der Waals surface area (Å²) in [5.41, 5.74) is 0. The highest BCUT2D eigenvalue weighted by Gasteiger charge is 2.27. The molecule has 9 nitrogen and oxygen atoms in total. The smallest absolute Gasteiger partial charge is 0.462 e. The highest BCUT2D eigenvalue weighted by molar-refractivity contribution is 7.47. The van der Waals surface area contributed by atoms with Gasteiger partial charge >= 0.3 is 19.8 Å². The van der Waals surface area contributed by atoms with Crippen molar-refractivity contribution in [2.75, 3.05) is 47.5 Å². The number of nitrogens with zero attached hydrogens (tertiary/aromatic N) is 1. The lowest BCUT2D eigenvalue weighted by atomic mass is 10.0. The van der Waals surface area contributed by atoms with E-state index in [1.165, 1.54) is 154 Å². The molecule has 0 rings (SSSR count). The van der Waals surface area contributed by atoms with Gasteiger partial charge in [0, 0.05) is 12.8 Å². The molecule has 360 valence electrons. The van der Waals surface area contributed by atoms with Crippen molar-refractivity contribution in [3.05, 3.63) is 24.3 Å². The van der Waals surface area contributed by atoms with Gasteiger partial charge in [0.2, 0.25) is 0 Å². The van der Waals surface area contributed by atoms with Gasteiger partial charge in [0.25, 0.3) is 0 Å². The standard InChI is InChI=1S/C51H98NO8P/c1-6-8-10-12-14-16-18-20-22-23-24-25-26-27-28-29-30-32-34-36-38-40-42-44-51(54)60-49(48-59-61(55,56)58-46-45-52(3,4)5)47-57-50(53)43-41-39-37-35-33-31-21-19-17-15-13-11-9-7-2/h19,21,36,38,49H,6-18,20,22-35,37,39-48H2,1-5H3/p+1/b21-19+,38-36+/t49-/m1/s1. The quantitative estimate of drug-likeness (QED) is 0.0212. The van der Waals surface area contributed by atoms with Gasteiger partial charge < -0.3 is 18.9 Å². The Morgan fingerprint density at radius 1 is 0.492 bits per heavy atom. The van der Waals surface area contributed by atoms with E-state index in [0.717, 1.165) is 51.4 Å². The van der Waals surface area contributed by atoms with Crippen LogP contribution in [0.1, 0.15) is 239 Å². The molecule has 0 radical (unpaired) electrons. The van der Waals surface area contributed by atoms with Gasteiger partial charge in [-0.1, -0.05) is 192 Å². The zero-order valence-electron chi connectivity index (χ0n) is 40.7. The molecule has 61 heavy (non-hydrogen) atoms. The van der Waals surface area contributed by atoms with Crippen molar-refractivity contribution >= 4 is 19.8 Å². The number of allylic oxidation sites excluding steroid dienone is 4. The van der Waals surface area contributed by atoms with Crippen molar-refractivity contribution in [3.63, 3.8) is 0 Å². The van der Waals surface area contributed by atoms with Gasteiger partial charge in [-0.2, -0.15) is 0 Å². The molecule has 2 atom stereocenters. The lowest BCUT2D eigenvalue weighted by Gasteiger charge is -2.24. The molecule has 1 unspecified atom stereocenters. The van der Waals surface area contributed by atoms with Gasteiger partial charge in [0.15, 0.2) is 6.10 Å². The number of carbonyl (C=O) groups excluding carboxylic acids is 2. The van der Waals surface area contributed by atoms with Crippen LogP contribution >= 0.6 is 7.82 Å². The summed E-state index contributed by atoms with van der Waals surface area (Å²) in [6.45, 7) is 4.41. The molecule has 0 saturated carbocycles. The summed E-state index contributed by atoms with van der Waals surface area (Å²) < 4.78 is 34.4. The minimum absolute atomic E-state index is 0.0274. The number of carbonyl (C=O) groups is 2. The molecule has 0 saturated heterocycles. The maximum absolute atomic E-state index is 12.7. The van der Waals surface area contributed by atoms with E-state index in [4.69, 9.17) is 18.5 Å². The van der Waals surface area contributed by atoms with Crippen LogP contribution < -0.4 is 0 Å². The van der Waals surface area contributed by atoms with Crippen molar-refractivity contribution in [1.82, 2.24) is 0 Å². The Kier molecular flexibility index (Phi) is 42.6. The molecule has 1 N–H and O–H groups in total. The van der Waals surface area contributed by atoms with Crippen LogP contribution in [0.5, 0.6) is 0 Å². The van der Waals surface area contributed by atoms with Crippen LogP contribution in [0.4, 0.5) is 0 Å². The summed E-state index contributed by atoms with van der Waals surface area (Å²) >= 11 is 0. The summed E-state index contributed by atoms with van der Waals surface area (Å²) in [6.07, 6.45) is 49.6. The average molecular weight is 885 g/mol. The molecular weight excluding hydrogens is 786 g/mol. The predicted molar refractivity (Wildman–Crippen MR) is 257 cm³/mol. The van der Waals surface area contributed by atoms with E-state index in [2.05, 4.69) is 38.2 Å². The third kappa shape index (κ3) is 47.8. The average Bonchev–Trinajstić information content (AvgIpc) is 3.21. The Balaban J connectivity index is 4.24. The van der Waals surface area contributed by atoms with Gasteiger partial charge in [0.1, 0.15) is 19.8 Å². The lowest BCUT2D eigenvalue weighted by molar-refractivity contribution is -0.870. The fourth-order valence-corrected chi connectivity index (χ4v) is 7.93. The summed E-state index contributed by atoms with van der Waals surface area (Å²) in [5, 5.41) is 0. The van der Waals surface area contributed by atoms with E-state index >= 15 is 0 Å². The number of ether oxygens (including phenoxy) is 2. The van der Waals surface area contributed by atoms with Crippen LogP contribution in [-0.2, 0) is 32.7 Å². The van der Waals surface area contributed by atoms with Crippen LogP contribution in [0.15, 0.2) is 24.3 Å². The number of esters is 2. The number of rotatable bonds is 47. The van der Waals surface area contributed by atoms with E-state index < -0.39 is 26.5 Å². The fraction of sp³-hybridized carbons (Fsp3) is 0.882. The van der Waals surface area contributed by atoms with Crippen molar-refractivity contribution in [1.29, 1.82) is 0 Å². The molecule has 0 aliphatic carbocycles. The Hall–Kier alpha value is -1.51. The molecule has 0 bridgehead atoms. The first kappa shape index (κ1) is 59.5. The summed E-state index contributed by atoms with van der Waals surface area (Å²) in [7, 11) is 1.46. The normalized spacial score (nSPS) is 13.6. The second-order valence-electron chi connectivity index (χ2n) is 18.5. The van der Waals surface area contributed by atoms with E-state index in [-0.39, 0.29) is 32.0 Å². The second kappa shape index (κ2) is 43.7. The van der Waals surface area contributed by atoms with Gasteiger partial charge in [-0.05, 0) is 57.8 Å². The highest BCUT2D eigenvalue weighted by atomic mass is 31.2. The maximum Gasteiger partial charge on any atom is 0.472 e. The van der Waals surface area contributed by atoms with Crippen LogP contribution in [0.25, 0.3) is 0 Å². The summed E-state index contributed by atoms with van der Waals surface area (Å²) in [4.78, 5) is 35.5.